The minimum Gasteiger partial charge on any atom is -0.326 e. The fourth-order valence-electron chi connectivity index (χ4n) is 2.40. The summed E-state index contributed by atoms with van der Waals surface area (Å²) >= 11 is 1.76. The lowest BCUT2D eigenvalue weighted by Gasteiger charge is -2.34. The van der Waals surface area contributed by atoms with Gasteiger partial charge in [-0.25, -0.2) is 12.8 Å². The Morgan fingerprint density at radius 1 is 1.35 bits per heavy atom. The molecule has 0 saturated carbocycles. The van der Waals surface area contributed by atoms with Gasteiger partial charge in [0.05, 0.1) is 4.90 Å². The van der Waals surface area contributed by atoms with Crippen LogP contribution in [0.5, 0.6) is 0 Å². The van der Waals surface area contributed by atoms with Crippen LogP contribution >= 0.6 is 11.8 Å². The van der Waals surface area contributed by atoms with E-state index >= 15 is 0 Å². The highest BCUT2D eigenvalue weighted by atomic mass is 32.2. The molecule has 0 aromatic heterocycles. The Morgan fingerprint density at radius 2 is 1.95 bits per heavy atom. The van der Waals surface area contributed by atoms with Gasteiger partial charge in [-0.1, -0.05) is 19.9 Å². The van der Waals surface area contributed by atoms with Crippen molar-refractivity contribution >= 4 is 21.8 Å². The van der Waals surface area contributed by atoms with Crippen LogP contribution in [-0.4, -0.2) is 36.3 Å². The molecular weight excluding hydrogens is 299 g/mol. The van der Waals surface area contributed by atoms with Crippen LogP contribution in [-0.2, 0) is 16.6 Å². The first-order valence-corrected chi connectivity index (χ1v) is 8.87. The Morgan fingerprint density at radius 3 is 2.50 bits per heavy atom. The van der Waals surface area contributed by atoms with Crippen LogP contribution in [0, 0.1) is 5.82 Å². The summed E-state index contributed by atoms with van der Waals surface area (Å²) in [5.41, 5.74) is 6.02. The number of rotatable bonds is 3. The first-order valence-electron chi connectivity index (χ1n) is 6.48. The Kier molecular flexibility index (Phi) is 4.73. The van der Waals surface area contributed by atoms with Crippen molar-refractivity contribution in [3.63, 3.8) is 0 Å². The summed E-state index contributed by atoms with van der Waals surface area (Å²) in [6, 6.07) is 3.74. The molecule has 1 aromatic carbocycles. The van der Waals surface area contributed by atoms with Crippen LogP contribution in [0.1, 0.15) is 19.4 Å². The molecule has 1 aliphatic rings. The van der Waals surface area contributed by atoms with Crippen molar-refractivity contribution in [2.24, 2.45) is 5.73 Å². The van der Waals surface area contributed by atoms with E-state index in [-0.39, 0.29) is 21.9 Å². The molecular formula is C13H19FN2O2S2. The smallest absolute Gasteiger partial charge is 0.243 e. The van der Waals surface area contributed by atoms with E-state index in [2.05, 4.69) is 0 Å². The van der Waals surface area contributed by atoms with Gasteiger partial charge in [0.25, 0.3) is 0 Å². The van der Waals surface area contributed by atoms with Crippen molar-refractivity contribution in [3.05, 3.63) is 29.6 Å². The molecule has 2 unspecified atom stereocenters. The number of nitrogens with two attached hydrogens (primary N) is 1. The largest absolute Gasteiger partial charge is 0.326 e. The van der Waals surface area contributed by atoms with Crippen molar-refractivity contribution in [3.8, 4) is 0 Å². The summed E-state index contributed by atoms with van der Waals surface area (Å²) in [6.45, 7) is 4.95. The Balaban J connectivity index is 2.42. The summed E-state index contributed by atoms with van der Waals surface area (Å²) in [5, 5.41) is 0.451. The third kappa shape index (κ3) is 3.16. The molecule has 1 aromatic rings. The SMILES string of the molecule is CC1CN(S(=O)(=O)c2cc(F)ccc2CN)CC(C)S1. The lowest BCUT2D eigenvalue weighted by atomic mass is 10.2. The normalized spacial score (nSPS) is 24.8. The second kappa shape index (κ2) is 6.01. The molecule has 1 aliphatic heterocycles. The van der Waals surface area contributed by atoms with Crippen LogP contribution in [0.25, 0.3) is 0 Å². The maximum absolute atomic E-state index is 13.4. The van der Waals surface area contributed by atoms with Gasteiger partial charge in [0, 0.05) is 30.1 Å². The fraction of sp³-hybridized carbons (Fsp3) is 0.538. The molecule has 0 spiro atoms. The van der Waals surface area contributed by atoms with Gasteiger partial charge in [-0.3, -0.25) is 0 Å². The summed E-state index contributed by atoms with van der Waals surface area (Å²) in [5.74, 6) is -0.562. The van der Waals surface area contributed by atoms with Gasteiger partial charge in [-0.05, 0) is 17.7 Å². The second-order valence-electron chi connectivity index (χ2n) is 5.04. The predicted octanol–water partition coefficient (Wildman–Crippen LogP) is 1.80. The Hall–Kier alpha value is -0.630. The predicted molar refractivity (Wildman–Crippen MR) is 79.6 cm³/mol. The van der Waals surface area contributed by atoms with E-state index in [0.717, 1.165) is 6.07 Å². The number of thioether (sulfide) groups is 1. The summed E-state index contributed by atoms with van der Waals surface area (Å²) in [7, 11) is -3.69. The molecule has 1 saturated heterocycles. The first-order chi connectivity index (χ1) is 9.34. The molecule has 2 atom stereocenters. The topological polar surface area (TPSA) is 63.4 Å². The van der Waals surface area contributed by atoms with E-state index < -0.39 is 15.8 Å². The second-order valence-corrected chi connectivity index (χ2v) is 8.82. The van der Waals surface area contributed by atoms with E-state index in [4.69, 9.17) is 5.73 Å². The monoisotopic (exact) mass is 318 g/mol. The van der Waals surface area contributed by atoms with E-state index in [1.54, 1.807) is 11.8 Å². The van der Waals surface area contributed by atoms with Gasteiger partial charge < -0.3 is 5.73 Å². The van der Waals surface area contributed by atoms with E-state index in [1.807, 2.05) is 13.8 Å². The first kappa shape index (κ1) is 15.8. The van der Waals surface area contributed by atoms with Gasteiger partial charge >= 0.3 is 0 Å². The van der Waals surface area contributed by atoms with E-state index in [9.17, 15) is 12.8 Å². The molecule has 2 rings (SSSR count). The van der Waals surface area contributed by atoms with Crippen molar-refractivity contribution in [1.82, 2.24) is 4.31 Å². The van der Waals surface area contributed by atoms with E-state index in [1.165, 1.54) is 16.4 Å². The number of sulfonamides is 1. The van der Waals surface area contributed by atoms with Gasteiger partial charge in [0.1, 0.15) is 5.82 Å². The third-order valence-electron chi connectivity index (χ3n) is 3.25. The number of halogens is 1. The molecule has 112 valence electrons. The molecule has 20 heavy (non-hydrogen) atoms. The molecule has 0 aliphatic carbocycles. The highest BCUT2D eigenvalue weighted by molar-refractivity contribution is 8.00. The van der Waals surface area contributed by atoms with Crippen molar-refractivity contribution in [2.75, 3.05) is 13.1 Å². The van der Waals surface area contributed by atoms with Crippen LogP contribution in [0.2, 0.25) is 0 Å². The Bertz CT molecular complexity index is 582. The zero-order valence-electron chi connectivity index (χ0n) is 11.5. The number of hydrogen-bond acceptors (Lipinski definition) is 4. The minimum absolute atomic E-state index is 0.00806. The van der Waals surface area contributed by atoms with Crippen molar-refractivity contribution in [2.45, 2.75) is 35.8 Å². The van der Waals surface area contributed by atoms with Gasteiger partial charge in [-0.15, -0.1) is 0 Å². The summed E-state index contributed by atoms with van der Waals surface area (Å²) < 4.78 is 40.3. The molecule has 2 N–H and O–H groups in total. The van der Waals surface area contributed by atoms with Gasteiger partial charge in [0.15, 0.2) is 0 Å². The Labute approximate surface area is 123 Å². The van der Waals surface area contributed by atoms with Gasteiger partial charge in [0.2, 0.25) is 10.0 Å². The van der Waals surface area contributed by atoms with Crippen LogP contribution in [0.3, 0.4) is 0 Å². The highest BCUT2D eigenvalue weighted by Crippen LogP contribution is 2.30. The van der Waals surface area contributed by atoms with E-state index in [0.29, 0.717) is 18.7 Å². The summed E-state index contributed by atoms with van der Waals surface area (Å²) in [6.07, 6.45) is 0. The lowest BCUT2D eigenvalue weighted by Crippen LogP contribution is -2.44. The molecule has 0 radical (unpaired) electrons. The van der Waals surface area contributed by atoms with Gasteiger partial charge in [-0.2, -0.15) is 16.1 Å². The average molecular weight is 318 g/mol. The number of nitrogens with zero attached hydrogens (tertiary/aromatic N) is 1. The molecule has 0 amide bonds. The van der Waals surface area contributed by atoms with Crippen LogP contribution in [0.15, 0.2) is 23.1 Å². The summed E-state index contributed by atoms with van der Waals surface area (Å²) in [4.78, 5) is -0.00806. The molecule has 7 heteroatoms. The molecule has 1 heterocycles. The third-order valence-corrected chi connectivity index (χ3v) is 6.39. The van der Waals surface area contributed by atoms with Crippen molar-refractivity contribution < 1.29 is 12.8 Å². The maximum Gasteiger partial charge on any atom is 0.243 e. The zero-order chi connectivity index (χ0) is 14.9. The van der Waals surface area contributed by atoms with Crippen molar-refractivity contribution in [1.29, 1.82) is 0 Å². The number of hydrogen-bond donors (Lipinski definition) is 1. The van der Waals surface area contributed by atoms with Crippen LogP contribution < -0.4 is 5.73 Å². The highest BCUT2D eigenvalue weighted by Gasteiger charge is 2.33. The zero-order valence-corrected chi connectivity index (χ0v) is 13.2. The lowest BCUT2D eigenvalue weighted by molar-refractivity contribution is 0.404. The number of benzene rings is 1. The molecule has 0 bridgehead atoms. The maximum atomic E-state index is 13.4. The standard InChI is InChI=1S/C13H19FN2O2S2/c1-9-7-16(8-10(2)19-9)20(17,18)13-5-12(14)4-3-11(13)6-15/h3-5,9-10H,6-8,15H2,1-2H3. The quantitative estimate of drug-likeness (QED) is 0.923. The molecule has 4 nitrogen and oxygen atoms in total. The molecule has 1 fully saturated rings. The van der Waals surface area contributed by atoms with Crippen LogP contribution in [0.4, 0.5) is 4.39 Å². The average Bonchev–Trinajstić information content (AvgIpc) is 2.37. The fourth-order valence-corrected chi connectivity index (χ4v) is 5.78. The minimum atomic E-state index is -3.69.